The monoisotopic (exact) mass is 350 g/mol. The Morgan fingerprint density at radius 1 is 1.04 bits per heavy atom. The molecule has 1 N–H and O–H groups in total. The first-order chi connectivity index (χ1) is 12.3. The van der Waals surface area contributed by atoms with Gasteiger partial charge in [-0.05, 0) is 31.3 Å². The fourth-order valence-corrected chi connectivity index (χ4v) is 3.54. The zero-order valence-electron chi connectivity index (χ0n) is 13.8. The molecule has 0 bridgehead atoms. The maximum absolute atomic E-state index is 5.78. The second-order valence-corrected chi connectivity index (χ2v) is 6.99. The van der Waals surface area contributed by atoms with Gasteiger partial charge in [0.2, 0.25) is 5.89 Å². The molecule has 6 heteroatoms. The number of anilines is 2. The average molecular weight is 350 g/mol. The second kappa shape index (κ2) is 7.04. The summed E-state index contributed by atoms with van der Waals surface area (Å²) in [5.74, 6) is 0.732. The van der Waals surface area contributed by atoms with Crippen LogP contribution < -0.4 is 5.32 Å². The van der Waals surface area contributed by atoms with E-state index in [1.807, 2.05) is 60.8 Å². The maximum atomic E-state index is 5.78. The summed E-state index contributed by atoms with van der Waals surface area (Å²) >= 11 is 1.66. The number of nitrogens with zero attached hydrogens (tertiary/aromatic N) is 3. The van der Waals surface area contributed by atoms with Gasteiger partial charge < -0.3 is 9.73 Å². The summed E-state index contributed by atoms with van der Waals surface area (Å²) in [5, 5.41) is 4.22. The molecule has 5 nitrogen and oxygen atoms in total. The quantitative estimate of drug-likeness (QED) is 0.548. The van der Waals surface area contributed by atoms with Crippen molar-refractivity contribution in [1.82, 2.24) is 14.9 Å². The molecule has 0 amide bonds. The molecule has 0 fully saturated rings. The van der Waals surface area contributed by atoms with E-state index in [4.69, 9.17) is 4.42 Å². The van der Waals surface area contributed by atoms with Crippen LogP contribution in [-0.2, 0) is 13.1 Å². The molecule has 0 radical (unpaired) electrons. The molecule has 4 aromatic rings. The molecule has 0 aliphatic rings. The third-order valence-electron chi connectivity index (χ3n) is 3.75. The van der Waals surface area contributed by atoms with Crippen molar-refractivity contribution in [2.45, 2.75) is 13.1 Å². The number of para-hydroxylation sites is 3. The van der Waals surface area contributed by atoms with Gasteiger partial charge in [-0.1, -0.05) is 30.3 Å². The Labute approximate surface area is 150 Å². The molecule has 0 saturated heterocycles. The summed E-state index contributed by atoms with van der Waals surface area (Å²) in [6.45, 7) is 1.46. The Bertz CT molecular complexity index is 931. The molecule has 126 valence electrons. The van der Waals surface area contributed by atoms with Gasteiger partial charge in [-0.3, -0.25) is 4.90 Å². The van der Waals surface area contributed by atoms with E-state index in [0.29, 0.717) is 6.54 Å². The topological polar surface area (TPSA) is 54.2 Å². The maximum Gasteiger partial charge on any atom is 0.209 e. The van der Waals surface area contributed by atoms with Gasteiger partial charge in [0.1, 0.15) is 5.52 Å². The predicted molar refractivity (Wildman–Crippen MR) is 101 cm³/mol. The van der Waals surface area contributed by atoms with Crippen LogP contribution in [0.5, 0.6) is 0 Å². The van der Waals surface area contributed by atoms with Crippen LogP contribution in [-0.4, -0.2) is 21.9 Å². The van der Waals surface area contributed by atoms with E-state index in [0.717, 1.165) is 34.4 Å². The largest absolute Gasteiger partial charge is 0.439 e. The second-order valence-electron chi connectivity index (χ2n) is 5.87. The average Bonchev–Trinajstić information content (AvgIpc) is 3.21. The summed E-state index contributed by atoms with van der Waals surface area (Å²) in [6.07, 6.45) is 1.92. The molecule has 2 aromatic carbocycles. The number of hydrogen-bond donors (Lipinski definition) is 1. The van der Waals surface area contributed by atoms with Crippen molar-refractivity contribution in [3.05, 3.63) is 71.6 Å². The molecule has 2 heterocycles. The molecule has 0 saturated carbocycles. The molecule has 0 spiro atoms. The van der Waals surface area contributed by atoms with E-state index in [-0.39, 0.29) is 0 Å². The first-order valence-electron chi connectivity index (χ1n) is 8.06. The lowest BCUT2D eigenvalue weighted by Gasteiger charge is -2.12. The molecule has 0 aliphatic heterocycles. The minimum atomic E-state index is 0.661. The summed E-state index contributed by atoms with van der Waals surface area (Å²) in [6, 6.07) is 17.9. The highest BCUT2D eigenvalue weighted by Gasteiger charge is 2.10. The van der Waals surface area contributed by atoms with Crippen molar-refractivity contribution in [2.75, 3.05) is 12.4 Å². The first-order valence-corrected chi connectivity index (χ1v) is 8.88. The van der Waals surface area contributed by atoms with Crippen LogP contribution in [0, 0.1) is 0 Å². The van der Waals surface area contributed by atoms with Crippen molar-refractivity contribution in [3.8, 4) is 0 Å². The number of oxazole rings is 1. The SMILES string of the molecule is CN(Cc1nc2ccccc2o1)Cc1cnc(Nc2ccccc2)s1. The number of rotatable bonds is 6. The van der Waals surface area contributed by atoms with E-state index < -0.39 is 0 Å². The molecule has 4 rings (SSSR count). The summed E-state index contributed by atoms with van der Waals surface area (Å²) in [4.78, 5) is 12.3. The number of hydrogen-bond acceptors (Lipinski definition) is 6. The Morgan fingerprint density at radius 2 is 1.84 bits per heavy atom. The molecule has 0 unspecified atom stereocenters. The van der Waals surface area contributed by atoms with E-state index in [2.05, 4.69) is 27.2 Å². The normalized spacial score (nSPS) is 11.3. The van der Waals surface area contributed by atoms with Gasteiger partial charge in [0.25, 0.3) is 0 Å². The smallest absolute Gasteiger partial charge is 0.209 e. The van der Waals surface area contributed by atoms with Gasteiger partial charge in [0.15, 0.2) is 10.7 Å². The van der Waals surface area contributed by atoms with E-state index >= 15 is 0 Å². The summed E-state index contributed by atoms with van der Waals surface area (Å²) < 4.78 is 5.78. The zero-order chi connectivity index (χ0) is 17.1. The highest BCUT2D eigenvalue weighted by molar-refractivity contribution is 7.15. The van der Waals surface area contributed by atoms with E-state index in [9.17, 15) is 0 Å². The molecular formula is C19H18N4OS. The molecular weight excluding hydrogens is 332 g/mol. The van der Waals surface area contributed by atoms with Crippen molar-refractivity contribution in [3.63, 3.8) is 0 Å². The third kappa shape index (κ3) is 3.87. The highest BCUT2D eigenvalue weighted by atomic mass is 32.1. The summed E-state index contributed by atoms with van der Waals surface area (Å²) in [5.41, 5.74) is 2.78. The number of benzene rings is 2. The van der Waals surface area contributed by atoms with Gasteiger partial charge in [-0.25, -0.2) is 9.97 Å². The van der Waals surface area contributed by atoms with Crippen LogP contribution in [0.25, 0.3) is 11.1 Å². The summed E-state index contributed by atoms with van der Waals surface area (Å²) in [7, 11) is 2.05. The molecule has 2 aromatic heterocycles. The van der Waals surface area contributed by atoms with Crippen LogP contribution in [0.4, 0.5) is 10.8 Å². The standard InChI is InChI=1S/C19H18N4OS/c1-23(13-18-22-16-9-5-6-10-17(16)24-18)12-15-11-20-19(25-15)21-14-7-3-2-4-8-14/h2-11H,12-13H2,1H3,(H,20,21). The first kappa shape index (κ1) is 15.8. The van der Waals surface area contributed by atoms with Gasteiger partial charge in [-0.2, -0.15) is 0 Å². The van der Waals surface area contributed by atoms with Gasteiger partial charge in [0.05, 0.1) is 6.54 Å². The number of thiazole rings is 1. The molecule has 0 atom stereocenters. The Hall–Kier alpha value is -2.70. The minimum absolute atomic E-state index is 0.661. The minimum Gasteiger partial charge on any atom is -0.439 e. The third-order valence-corrected chi connectivity index (χ3v) is 4.65. The predicted octanol–water partition coefficient (Wildman–Crippen LogP) is 4.66. The van der Waals surface area contributed by atoms with Crippen LogP contribution in [0.1, 0.15) is 10.8 Å². The van der Waals surface area contributed by atoms with Gasteiger partial charge in [0, 0.05) is 23.3 Å². The number of aromatic nitrogens is 2. The van der Waals surface area contributed by atoms with Crippen molar-refractivity contribution < 1.29 is 4.42 Å². The van der Waals surface area contributed by atoms with Crippen molar-refractivity contribution in [1.29, 1.82) is 0 Å². The van der Waals surface area contributed by atoms with E-state index in [1.54, 1.807) is 11.3 Å². The Kier molecular flexibility index (Phi) is 4.45. The van der Waals surface area contributed by atoms with E-state index in [1.165, 1.54) is 4.88 Å². The number of fused-ring (bicyclic) bond motifs is 1. The molecule has 25 heavy (non-hydrogen) atoms. The van der Waals surface area contributed by atoms with Crippen LogP contribution in [0.3, 0.4) is 0 Å². The van der Waals surface area contributed by atoms with Gasteiger partial charge in [-0.15, -0.1) is 11.3 Å². The van der Waals surface area contributed by atoms with Crippen molar-refractivity contribution in [2.24, 2.45) is 0 Å². The van der Waals surface area contributed by atoms with Crippen LogP contribution >= 0.6 is 11.3 Å². The lowest BCUT2D eigenvalue weighted by molar-refractivity contribution is 0.287. The Balaban J connectivity index is 1.38. The lowest BCUT2D eigenvalue weighted by Crippen LogP contribution is -2.16. The lowest BCUT2D eigenvalue weighted by atomic mass is 10.3. The van der Waals surface area contributed by atoms with Gasteiger partial charge >= 0.3 is 0 Å². The van der Waals surface area contributed by atoms with Crippen LogP contribution in [0.2, 0.25) is 0 Å². The number of nitrogens with one attached hydrogen (secondary N) is 1. The molecule has 0 aliphatic carbocycles. The fourth-order valence-electron chi connectivity index (χ4n) is 2.62. The highest BCUT2D eigenvalue weighted by Crippen LogP contribution is 2.24. The van der Waals surface area contributed by atoms with Crippen LogP contribution in [0.15, 0.2) is 65.2 Å². The fraction of sp³-hybridized carbons (Fsp3) is 0.158. The zero-order valence-corrected chi connectivity index (χ0v) is 14.7. The van der Waals surface area contributed by atoms with Crippen molar-refractivity contribution >= 4 is 33.3 Å². The Morgan fingerprint density at radius 3 is 2.68 bits per heavy atom.